The lowest BCUT2D eigenvalue weighted by Gasteiger charge is -2.42. The molecule has 1 heterocycles. The number of allylic oxidation sites excluding steroid dienone is 6. The highest BCUT2D eigenvalue weighted by Crippen LogP contribution is 2.54. The van der Waals surface area contributed by atoms with Crippen LogP contribution in [0.3, 0.4) is 0 Å². The molecular weight excluding hydrogens is 457 g/mol. The van der Waals surface area contributed by atoms with Crippen LogP contribution < -0.4 is 5.32 Å². The predicted octanol–water partition coefficient (Wildman–Crippen LogP) is 2.58. The Morgan fingerprint density at radius 2 is 1.87 bits per heavy atom. The lowest BCUT2D eigenvalue weighted by Crippen LogP contribution is -2.39. The van der Waals surface area contributed by atoms with Crippen molar-refractivity contribution in [1.29, 1.82) is 0 Å². The van der Waals surface area contributed by atoms with Crippen molar-refractivity contribution >= 4 is 39.3 Å². The van der Waals surface area contributed by atoms with E-state index in [-0.39, 0.29) is 45.4 Å². The van der Waals surface area contributed by atoms with Crippen molar-refractivity contribution in [3.63, 3.8) is 0 Å². The topological polar surface area (TPSA) is 101 Å². The third-order valence-electron chi connectivity index (χ3n) is 6.48. The second kappa shape index (κ2) is 6.57. The maximum Gasteiger partial charge on any atom is 0.231 e. The van der Waals surface area contributed by atoms with E-state index in [0.717, 1.165) is 11.6 Å². The summed E-state index contributed by atoms with van der Waals surface area (Å²) in [5, 5.41) is 12.0. The van der Waals surface area contributed by atoms with Crippen LogP contribution in [-0.2, 0) is 19.2 Å². The summed E-state index contributed by atoms with van der Waals surface area (Å²) in [6, 6.07) is 3.85. The molecule has 1 aromatic rings. The molecule has 0 spiro atoms. The monoisotopic (exact) mass is 471 g/mol. The number of hydrogen-bond donors (Lipinski definition) is 2. The maximum absolute atomic E-state index is 14.2. The smallest absolute Gasteiger partial charge is 0.231 e. The molecule has 1 saturated heterocycles. The van der Waals surface area contributed by atoms with Gasteiger partial charge in [0.1, 0.15) is 0 Å². The van der Waals surface area contributed by atoms with Crippen LogP contribution in [0.5, 0.6) is 5.75 Å². The van der Waals surface area contributed by atoms with Crippen LogP contribution in [-0.4, -0.2) is 28.5 Å². The fraction of sp³-hybridized carbons (Fsp3) is 0.273. The summed E-state index contributed by atoms with van der Waals surface area (Å²) in [5.74, 6) is -5.12. The minimum atomic E-state index is -0.842. The van der Waals surface area contributed by atoms with Crippen molar-refractivity contribution < 1.29 is 28.7 Å². The van der Waals surface area contributed by atoms with Crippen molar-refractivity contribution in [1.82, 2.24) is 5.32 Å². The van der Waals surface area contributed by atoms with Gasteiger partial charge in [-0.15, -0.1) is 0 Å². The van der Waals surface area contributed by atoms with Crippen molar-refractivity contribution in [2.24, 2.45) is 17.8 Å². The van der Waals surface area contributed by atoms with Crippen LogP contribution in [0.2, 0.25) is 0 Å². The minimum Gasteiger partial charge on any atom is -0.505 e. The summed E-state index contributed by atoms with van der Waals surface area (Å²) < 4.78 is 14.3. The molecule has 1 aromatic carbocycles. The molecule has 30 heavy (non-hydrogen) atoms. The van der Waals surface area contributed by atoms with Gasteiger partial charge in [-0.25, -0.2) is 4.39 Å². The van der Waals surface area contributed by atoms with Crippen LogP contribution >= 0.6 is 15.9 Å². The average molecular weight is 472 g/mol. The Balaban J connectivity index is 1.73. The molecule has 0 aromatic heterocycles. The third-order valence-corrected chi connectivity index (χ3v) is 7.07. The van der Waals surface area contributed by atoms with Crippen LogP contribution in [0.1, 0.15) is 24.3 Å². The standard InChI is InChI=1S/C22H15BrFNO5/c23-13-7-16(27)19-12(20(13)28)6-11-9(2-3-10-18(11)22(30)25-21(10)29)17(19)8-1-4-15(26)14(24)5-8/h1-2,4-5,7,10-11,17-18,26H,3,6H2,(H,25,29,30). The fourth-order valence-corrected chi connectivity index (χ4v) is 5.65. The molecule has 5 rings (SSSR count). The fourth-order valence-electron chi connectivity index (χ4n) is 5.20. The first kappa shape index (κ1) is 19.1. The predicted molar refractivity (Wildman–Crippen MR) is 106 cm³/mol. The van der Waals surface area contributed by atoms with Crippen molar-refractivity contribution in [2.75, 3.05) is 0 Å². The molecule has 4 unspecified atom stereocenters. The van der Waals surface area contributed by atoms with E-state index in [1.807, 2.05) is 6.08 Å². The van der Waals surface area contributed by atoms with Crippen molar-refractivity contribution in [3.05, 3.63) is 62.9 Å². The Bertz CT molecular complexity index is 1160. The Morgan fingerprint density at radius 3 is 2.60 bits per heavy atom. The van der Waals surface area contributed by atoms with E-state index in [9.17, 15) is 28.7 Å². The Hall–Kier alpha value is -2.87. The van der Waals surface area contributed by atoms with Crippen molar-refractivity contribution in [2.45, 2.75) is 18.8 Å². The molecule has 0 saturated carbocycles. The number of amides is 2. The number of rotatable bonds is 1. The number of hydrogen-bond acceptors (Lipinski definition) is 5. The van der Waals surface area contributed by atoms with Gasteiger partial charge in [-0.2, -0.15) is 0 Å². The van der Waals surface area contributed by atoms with Gasteiger partial charge in [0.2, 0.25) is 11.8 Å². The minimum absolute atomic E-state index is 0.133. The van der Waals surface area contributed by atoms with Gasteiger partial charge in [0.05, 0.1) is 16.3 Å². The number of ketones is 2. The maximum atomic E-state index is 14.2. The zero-order valence-electron chi connectivity index (χ0n) is 15.4. The molecule has 2 N–H and O–H groups in total. The third kappa shape index (κ3) is 2.59. The van der Waals surface area contributed by atoms with Gasteiger partial charge >= 0.3 is 0 Å². The molecule has 0 bridgehead atoms. The lowest BCUT2D eigenvalue weighted by molar-refractivity contribution is -0.126. The van der Waals surface area contributed by atoms with E-state index in [4.69, 9.17) is 0 Å². The second-order valence-electron chi connectivity index (χ2n) is 7.96. The number of carbonyl (C=O) groups excluding carboxylic acids is 4. The van der Waals surface area contributed by atoms with Gasteiger partial charge in [0.15, 0.2) is 23.1 Å². The number of halogens is 2. The van der Waals surface area contributed by atoms with E-state index < -0.39 is 35.2 Å². The van der Waals surface area contributed by atoms with Crippen LogP contribution in [0.15, 0.2) is 51.6 Å². The van der Waals surface area contributed by atoms with E-state index in [0.29, 0.717) is 12.0 Å². The molecule has 2 amide bonds. The number of aromatic hydroxyl groups is 1. The summed E-state index contributed by atoms with van der Waals surface area (Å²) in [6.07, 6.45) is 3.54. The molecule has 6 nitrogen and oxygen atoms in total. The van der Waals surface area contributed by atoms with Crippen LogP contribution in [0.4, 0.5) is 4.39 Å². The Labute approximate surface area is 178 Å². The summed E-state index contributed by atoms with van der Waals surface area (Å²) in [7, 11) is 0. The van der Waals surface area contributed by atoms with Gasteiger partial charge in [-0.05, 0) is 52.4 Å². The zero-order valence-corrected chi connectivity index (χ0v) is 17.0. The first-order valence-corrected chi connectivity index (χ1v) is 10.3. The summed E-state index contributed by atoms with van der Waals surface area (Å²) in [6.45, 7) is 0. The van der Waals surface area contributed by atoms with E-state index in [1.165, 1.54) is 18.2 Å². The van der Waals surface area contributed by atoms with Gasteiger partial charge in [0.25, 0.3) is 0 Å². The van der Waals surface area contributed by atoms with E-state index >= 15 is 0 Å². The van der Waals surface area contributed by atoms with Gasteiger partial charge in [-0.3, -0.25) is 24.5 Å². The first-order chi connectivity index (χ1) is 14.3. The quantitative estimate of drug-likeness (QED) is 0.372. The number of Topliss-reactive ketones (excluding diaryl/α,β-unsaturated/α-hetero) is 1. The number of carbonyl (C=O) groups is 4. The zero-order chi connectivity index (χ0) is 21.3. The number of phenolic OH excluding ortho intramolecular Hbond substituents is 1. The van der Waals surface area contributed by atoms with E-state index in [1.54, 1.807) is 0 Å². The molecule has 3 aliphatic carbocycles. The largest absolute Gasteiger partial charge is 0.505 e. The van der Waals surface area contributed by atoms with Crippen LogP contribution in [0.25, 0.3) is 0 Å². The molecule has 152 valence electrons. The molecule has 0 radical (unpaired) electrons. The molecule has 1 fully saturated rings. The van der Waals surface area contributed by atoms with Gasteiger partial charge < -0.3 is 5.11 Å². The first-order valence-electron chi connectivity index (χ1n) is 9.50. The highest BCUT2D eigenvalue weighted by atomic mass is 79.9. The number of fused-ring (bicyclic) bond motifs is 3. The number of benzene rings is 1. The Morgan fingerprint density at radius 1 is 1.10 bits per heavy atom. The molecule has 4 aliphatic rings. The summed E-state index contributed by atoms with van der Waals surface area (Å²) in [5.41, 5.74) is 1.68. The van der Waals surface area contributed by atoms with Gasteiger partial charge in [0, 0.05) is 23.1 Å². The average Bonchev–Trinajstić information content (AvgIpc) is 3.00. The Kier molecular flexibility index (Phi) is 4.18. The normalized spacial score (nSPS) is 30.3. The molecule has 1 aliphatic heterocycles. The van der Waals surface area contributed by atoms with Crippen molar-refractivity contribution in [3.8, 4) is 5.75 Å². The summed E-state index contributed by atoms with van der Waals surface area (Å²) in [4.78, 5) is 50.5. The molecule has 8 heteroatoms. The van der Waals surface area contributed by atoms with Gasteiger partial charge in [-0.1, -0.05) is 17.7 Å². The highest BCUT2D eigenvalue weighted by Gasteiger charge is 2.53. The number of imide groups is 1. The highest BCUT2D eigenvalue weighted by molar-refractivity contribution is 9.12. The summed E-state index contributed by atoms with van der Waals surface area (Å²) >= 11 is 3.13. The van der Waals surface area contributed by atoms with E-state index in [2.05, 4.69) is 21.2 Å². The SMILES string of the molecule is O=C1C=C(Br)C(=O)C2=C1C(c1ccc(O)c(F)c1)C1=CCC3C(=O)NC(=O)C3C1C2. The van der Waals surface area contributed by atoms with Crippen LogP contribution in [0, 0.1) is 23.6 Å². The lowest BCUT2D eigenvalue weighted by atomic mass is 9.59. The molecule has 4 atom stereocenters. The second-order valence-corrected chi connectivity index (χ2v) is 8.81. The number of phenols is 1. The molecular formula is C22H15BrFNO5. The number of nitrogens with one attached hydrogen (secondary N) is 1.